The zero-order chi connectivity index (χ0) is 19.9. The quantitative estimate of drug-likeness (QED) is 0.760. The molecule has 7 nitrogen and oxygen atoms in total. The van der Waals surface area contributed by atoms with Crippen LogP contribution in [0.25, 0.3) is 0 Å². The van der Waals surface area contributed by atoms with Crippen molar-refractivity contribution in [2.75, 3.05) is 25.0 Å². The van der Waals surface area contributed by atoms with Crippen LogP contribution in [-0.4, -0.2) is 47.4 Å². The summed E-state index contributed by atoms with van der Waals surface area (Å²) in [6.07, 6.45) is 3.52. The summed E-state index contributed by atoms with van der Waals surface area (Å²) in [6.45, 7) is 2.26. The summed E-state index contributed by atoms with van der Waals surface area (Å²) in [5, 5.41) is 2.70. The van der Waals surface area contributed by atoms with Crippen molar-refractivity contribution in [2.45, 2.75) is 25.4 Å². The van der Waals surface area contributed by atoms with E-state index in [4.69, 9.17) is 10.5 Å². The Morgan fingerprint density at radius 1 is 1.25 bits per heavy atom. The highest BCUT2D eigenvalue weighted by atomic mass is 19.1. The van der Waals surface area contributed by atoms with Crippen molar-refractivity contribution < 1.29 is 18.7 Å². The summed E-state index contributed by atoms with van der Waals surface area (Å²) < 4.78 is 19.1. The smallest absolute Gasteiger partial charge is 0.267 e. The number of piperidine rings is 1. The first kappa shape index (κ1) is 19.8. The lowest BCUT2D eigenvalue weighted by Crippen LogP contribution is -2.39. The lowest BCUT2D eigenvalue weighted by molar-refractivity contribution is -0.116. The van der Waals surface area contributed by atoms with Crippen LogP contribution in [0.3, 0.4) is 0 Å². The summed E-state index contributed by atoms with van der Waals surface area (Å²) in [4.78, 5) is 29.3. The fourth-order valence-corrected chi connectivity index (χ4v) is 3.11. The van der Waals surface area contributed by atoms with Crippen molar-refractivity contribution in [1.29, 1.82) is 0 Å². The molecular formula is C20H23FN4O3. The monoisotopic (exact) mass is 386 g/mol. The molecule has 0 bridgehead atoms. The second-order valence-corrected chi connectivity index (χ2v) is 6.71. The van der Waals surface area contributed by atoms with Gasteiger partial charge in [0.2, 0.25) is 5.91 Å². The van der Waals surface area contributed by atoms with Crippen LogP contribution < -0.4 is 15.8 Å². The number of nitrogens with two attached hydrogens (primary N) is 1. The number of aromatic nitrogens is 1. The third kappa shape index (κ3) is 5.75. The van der Waals surface area contributed by atoms with Crippen LogP contribution >= 0.6 is 0 Å². The highest BCUT2D eigenvalue weighted by Crippen LogP contribution is 2.19. The summed E-state index contributed by atoms with van der Waals surface area (Å²) in [5.74, 6) is -0.523. The Balaban J connectivity index is 1.40. The first-order valence-corrected chi connectivity index (χ1v) is 9.20. The third-order valence-electron chi connectivity index (χ3n) is 4.58. The van der Waals surface area contributed by atoms with Crippen molar-refractivity contribution in [2.24, 2.45) is 5.73 Å². The molecule has 2 amide bonds. The third-order valence-corrected chi connectivity index (χ3v) is 4.58. The molecule has 148 valence electrons. The first-order chi connectivity index (χ1) is 13.5. The molecule has 0 radical (unpaired) electrons. The Hall–Kier alpha value is -3.00. The number of rotatable bonds is 7. The number of carbonyl (C=O) groups is 2. The first-order valence-electron chi connectivity index (χ1n) is 9.20. The molecule has 1 aliphatic heterocycles. The molecule has 8 heteroatoms. The molecule has 1 fully saturated rings. The fourth-order valence-electron chi connectivity index (χ4n) is 3.11. The Morgan fingerprint density at radius 2 is 2.04 bits per heavy atom. The predicted octanol–water partition coefficient (Wildman–Crippen LogP) is 2.19. The Morgan fingerprint density at radius 3 is 2.75 bits per heavy atom. The van der Waals surface area contributed by atoms with Crippen molar-refractivity contribution >= 4 is 17.5 Å². The lowest BCUT2D eigenvalue weighted by atomic mass is 10.1. The number of pyridine rings is 1. The maximum Gasteiger partial charge on any atom is 0.267 e. The van der Waals surface area contributed by atoms with E-state index >= 15 is 0 Å². The van der Waals surface area contributed by atoms with E-state index in [0.717, 1.165) is 25.9 Å². The average Bonchev–Trinajstić information content (AvgIpc) is 2.68. The number of ether oxygens (including phenoxy) is 1. The van der Waals surface area contributed by atoms with Gasteiger partial charge in [0.05, 0.1) is 0 Å². The molecule has 1 aromatic carbocycles. The van der Waals surface area contributed by atoms with E-state index in [1.54, 1.807) is 24.3 Å². The molecule has 0 spiro atoms. The lowest BCUT2D eigenvalue weighted by Gasteiger charge is -2.32. The Kier molecular flexibility index (Phi) is 6.54. The summed E-state index contributed by atoms with van der Waals surface area (Å²) in [5.41, 5.74) is 5.88. The number of nitrogens with one attached hydrogen (secondary N) is 1. The van der Waals surface area contributed by atoms with E-state index in [1.807, 2.05) is 0 Å². The van der Waals surface area contributed by atoms with Gasteiger partial charge >= 0.3 is 0 Å². The molecule has 0 atom stereocenters. The van der Waals surface area contributed by atoms with Gasteiger partial charge in [-0.15, -0.1) is 0 Å². The van der Waals surface area contributed by atoms with Gasteiger partial charge in [0, 0.05) is 44.0 Å². The van der Waals surface area contributed by atoms with Crippen molar-refractivity contribution in [3.05, 3.63) is 54.1 Å². The van der Waals surface area contributed by atoms with Crippen LogP contribution in [0.2, 0.25) is 0 Å². The molecular weight excluding hydrogens is 363 g/mol. The van der Waals surface area contributed by atoms with E-state index in [-0.39, 0.29) is 23.5 Å². The molecule has 28 heavy (non-hydrogen) atoms. The number of nitrogens with zero attached hydrogens (tertiary/aromatic N) is 2. The van der Waals surface area contributed by atoms with Crippen LogP contribution in [0.4, 0.5) is 10.1 Å². The minimum Gasteiger partial charge on any atom is -0.490 e. The van der Waals surface area contributed by atoms with E-state index in [0.29, 0.717) is 24.4 Å². The number of likely N-dealkylation sites (tertiary alicyclic amines) is 1. The predicted molar refractivity (Wildman–Crippen MR) is 102 cm³/mol. The normalized spacial score (nSPS) is 15.2. The molecule has 2 aromatic rings. The Labute approximate surface area is 162 Å². The number of primary amides is 1. The van der Waals surface area contributed by atoms with Gasteiger partial charge in [-0.1, -0.05) is 6.07 Å². The fraction of sp³-hybridized carbons (Fsp3) is 0.350. The van der Waals surface area contributed by atoms with Gasteiger partial charge in [-0.05, 0) is 37.1 Å². The van der Waals surface area contributed by atoms with E-state index in [2.05, 4.69) is 15.2 Å². The maximum atomic E-state index is 13.2. The van der Waals surface area contributed by atoms with Gasteiger partial charge in [0.15, 0.2) is 0 Å². The number of hydrogen-bond acceptors (Lipinski definition) is 5. The topological polar surface area (TPSA) is 97.6 Å². The van der Waals surface area contributed by atoms with Gasteiger partial charge in [-0.3, -0.25) is 14.6 Å². The van der Waals surface area contributed by atoms with Crippen LogP contribution in [0.15, 0.2) is 42.6 Å². The highest BCUT2D eigenvalue weighted by Gasteiger charge is 2.21. The molecule has 2 heterocycles. The number of halogens is 1. The largest absolute Gasteiger partial charge is 0.490 e. The van der Waals surface area contributed by atoms with Gasteiger partial charge in [0.1, 0.15) is 23.4 Å². The molecule has 0 unspecified atom stereocenters. The Bertz CT molecular complexity index is 838. The van der Waals surface area contributed by atoms with Gasteiger partial charge in [-0.2, -0.15) is 0 Å². The highest BCUT2D eigenvalue weighted by molar-refractivity contribution is 5.91. The number of amides is 2. The van der Waals surface area contributed by atoms with E-state index in [9.17, 15) is 14.0 Å². The second-order valence-electron chi connectivity index (χ2n) is 6.71. The van der Waals surface area contributed by atoms with Crippen LogP contribution in [0.5, 0.6) is 5.75 Å². The van der Waals surface area contributed by atoms with Crippen molar-refractivity contribution in [3.8, 4) is 5.75 Å². The summed E-state index contributed by atoms with van der Waals surface area (Å²) >= 11 is 0. The van der Waals surface area contributed by atoms with Gasteiger partial charge < -0.3 is 20.7 Å². The minimum atomic E-state index is -0.586. The summed E-state index contributed by atoms with van der Waals surface area (Å²) in [7, 11) is 0. The van der Waals surface area contributed by atoms with Crippen molar-refractivity contribution in [1.82, 2.24) is 9.88 Å². The summed E-state index contributed by atoms with van der Waals surface area (Å²) in [6, 6.07) is 9.10. The molecule has 0 aliphatic carbocycles. The van der Waals surface area contributed by atoms with Crippen molar-refractivity contribution in [3.63, 3.8) is 0 Å². The van der Waals surface area contributed by atoms with Crippen LogP contribution in [0.1, 0.15) is 29.8 Å². The zero-order valence-corrected chi connectivity index (χ0v) is 15.4. The van der Waals surface area contributed by atoms with E-state index < -0.39 is 5.91 Å². The second kappa shape index (κ2) is 9.27. The number of hydrogen-bond donors (Lipinski definition) is 2. The molecule has 1 aromatic heterocycles. The SMILES string of the molecule is NC(=O)c1cc(OC2CCN(CCC(=O)Nc3cccc(F)c3)CC2)ccn1. The zero-order valence-electron chi connectivity index (χ0n) is 15.4. The van der Waals surface area contributed by atoms with Gasteiger partial charge in [-0.25, -0.2) is 4.39 Å². The molecule has 0 saturated carbocycles. The van der Waals surface area contributed by atoms with Crippen LogP contribution in [0, 0.1) is 5.82 Å². The molecule has 3 N–H and O–H groups in total. The van der Waals surface area contributed by atoms with Gasteiger partial charge in [0.25, 0.3) is 5.91 Å². The molecule has 3 rings (SSSR count). The number of benzene rings is 1. The molecule has 1 saturated heterocycles. The maximum absolute atomic E-state index is 13.2. The molecule has 1 aliphatic rings. The minimum absolute atomic E-state index is 0.0421. The number of anilines is 1. The van der Waals surface area contributed by atoms with E-state index in [1.165, 1.54) is 18.3 Å². The van der Waals surface area contributed by atoms with Crippen LogP contribution in [-0.2, 0) is 4.79 Å². The average molecular weight is 386 g/mol. The standard InChI is InChI=1S/C20H23FN4O3/c21-14-2-1-3-15(12-14)24-19(26)7-11-25-9-5-16(6-10-25)28-17-4-8-23-18(13-17)20(22)27/h1-4,8,12-13,16H,5-7,9-11H2,(H2,22,27)(H,24,26). The number of carbonyl (C=O) groups excluding carboxylic acids is 2.